The van der Waals surface area contributed by atoms with E-state index in [-0.39, 0.29) is 23.9 Å². The number of aliphatic hydroxyl groups excluding tert-OH is 1. The van der Waals surface area contributed by atoms with Gasteiger partial charge in [0.1, 0.15) is 6.10 Å². The third-order valence-corrected chi connectivity index (χ3v) is 5.94. The molecule has 4 heteroatoms. The number of ether oxygens (including phenoxy) is 1. The topological polar surface area (TPSA) is 66.8 Å². The average molecular weight is 385 g/mol. The lowest BCUT2D eigenvalue weighted by Gasteiger charge is -2.25. The Hall–Kier alpha value is -1.91. The second kappa shape index (κ2) is 9.53. The number of carbonyl (C=O) groups is 1. The number of allylic oxidation sites excluding steroid dienone is 2. The molecule has 0 aromatic heterocycles. The number of aliphatic hydroxyl groups is 2. The van der Waals surface area contributed by atoms with Gasteiger partial charge in [-0.15, -0.1) is 0 Å². The van der Waals surface area contributed by atoms with Crippen LogP contribution in [-0.4, -0.2) is 34.0 Å². The van der Waals surface area contributed by atoms with Crippen molar-refractivity contribution in [2.45, 2.75) is 69.7 Å². The minimum absolute atomic E-state index is 0.0504. The molecule has 0 saturated heterocycles. The first-order chi connectivity index (χ1) is 13.4. The maximum absolute atomic E-state index is 12.0. The molecule has 0 amide bonds. The van der Waals surface area contributed by atoms with Crippen LogP contribution in [0.4, 0.5) is 0 Å². The maximum atomic E-state index is 12.0. The van der Waals surface area contributed by atoms with Crippen LogP contribution in [0.2, 0.25) is 0 Å². The molecule has 2 N–H and O–H groups in total. The average Bonchev–Trinajstić information content (AvgIpc) is 2.96. The van der Waals surface area contributed by atoms with Gasteiger partial charge < -0.3 is 14.9 Å². The number of benzene rings is 1. The van der Waals surface area contributed by atoms with E-state index in [1.165, 1.54) is 5.56 Å². The molecule has 0 spiro atoms. The molecule has 0 bridgehead atoms. The number of esters is 1. The first-order valence-electron chi connectivity index (χ1n) is 10.4. The monoisotopic (exact) mass is 384 g/mol. The summed E-state index contributed by atoms with van der Waals surface area (Å²) in [6.07, 6.45) is 12.0. The molecule has 4 nitrogen and oxygen atoms in total. The Balaban J connectivity index is 1.66. The van der Waals surface area contributed by atoms with Crippen LogP contribution < -0.4 is 0 Å². The lowest BCUT2D eigenvalue weighted by molar-refractivity contribution is -0.151. The van der Waals surface area contributed by atoms with Crippen molar-refractivity contribution in [3.05, 3.63) is 60.2 Å². The minimum atomic E-state index is -0.948. The van der Waals surface area contributed by atoms with E-state index < -0.39 is 11.7 Å². The summed E-state index contributed by atoms with van der Waals surface area (Å²) in [5, 5.41) is 21.4. The van der Waals surface area contributed by atoms with E-state index in [2.05, 4.69) is 24.3 Å². The molecule has 2 aliphatic rings. The second-order valence-corrected chi connectivity index (χ2v) is 8.37. The number of aryl methyl sites for hydroxylation is 1. The van der Waals surface area contributed by atoms with E-state index in [1.54, 1.807) is 6.92 Å². The number of hydrogen-bond acceptors (Lipinski definition) is 4. The Morgan fingerprint density at radius 1 is 1.25 bits per heavy atom. The summed E-state index contributed by atoms with van der Waals surface area (Å²) in [5.74, 6) is -0.239. The molecule has 5 atom stereocenters. The Labute approximate surface area is 167 Å². The van der Waals surface area contributed by atoms with Crippen LogP contribution in [0, 0.1) is 11.8 Å². The molecule has 28 heavy (non-hydrogen) atoms. The number of hydrogen-bond donors (Lipinski definition) is 2. The van der Waals surface area contributed by atoms with Gasteiger partial charge >= 0.3 is 5.97 Å². The standard InChI is InChI=1S/C24H32O4/c1-24(27,15-13-18-9-5-4-6-10-18)16-14-19-20-11-7-2-3-8-12-23(26)28-22(20)17-21(19)25/h2,4-7,9-10,14,16,19-22,25,27H,3,8,11-13,15,17H2,1H3/b7-2-,16-14+/t19?,20-,21?,22?,24?/m1/s1. The Bertz CT molecular complexity index is 692. The van der Waals surface area contributed by atoms with Gasteiger partial charge in [-0.2, -0.15) is 0 Å². The highest BCUT2D eigenvalue weighted by Gasteiger charge is 2.43. The van der Waals surface area contributed by atoms with E-state index in [0.717, 1.165) is 25.7 Å². The molecule has 1 aromatic rings. The van der Waals surface area contributed by atoms with Crippen molar-refractivity contribution in [1.82, 2.24) is 0 Å². The number of carbonyl (C=O) groups excluding carboxylic acids is 1. The molecule has 1 aliphatic heterocycles. The van der Waals surface area contributed by atoms with Crippen LogP contribution in [0.1, 0.15) is 51.0 Å². The minimum Gasteiger partial charge on any atom is -0.462 e. The smallest absolute Gasteiger partial charge is 0.306 e. The summed E-state index contributed by atoms with van der Waals surface area (Å²) < 4.78 is 5.66. The van der Waals surface area contributed by atoms with Crippen molar-refractivity contribution in [2.24, 2.45) is 11.8 Å². The molecular formula is C24H32O4. The predicted octanol–water partition coefficient (Wildman–Crippen LogP) is 3.97. The first kappa shape index (κ1) is 20.8. The van der Waals surface area contributed by atoms with Crippen molar-refractivity contribution >= 4 is 5.97 Å². The Morgan fingerprint density at radius 2 is 2.04 bits per heavy atom. The van der Waals surface area contributed by atoms with Gasteiger partial charge in [0.25, 0.3) is 0 Å². The second-order valence-electron chi connectivity index (χ2n) is 8.37. The van der Waals surface area contributed by atoms with Crippen LogP contribution in [0.3, 0.4) is 0 Å². The van der Waals surface area contributed by atoms with Crippen LogP contribution in [-0.2, 0) is 16.0 Å². The molecule has 1 saturated carbocycles. The van der Waals surface area contributed by atoms with Crippen LogP contribution in [0.15, 0.2) is 54.6 Å². The van der Waals surface area contributed by atoms with Gasteiger partial charge in [-0.05, 0) is 44.6 Å². The zero-order chi connectivity index (χ0) is 20.0. The van der Waals surface area contributed by atoms with E-state index in [4.69, 9.17) is 4.74 Å². The molecule has 1 fully saturated rings. The van der Waals surface area contributed by atoms with E-state index in [0.29, 0.717) is 19.3 Å². The highest BCUT2D eigenvalue weighted by Crippen LogP contribution is 2.39. The highest BCUT2D eigenvalue weighted by atomic mass is 16.5. The van der Waals surface area contributed by atoms with E-state index >= 15 is 0 Å². The highest BCUT2D eigenvalue weighted by molar-refractivity contribution is 5.69. The zero-order valence-electron chi connectivity index (χ0n) is 16.7. The maximum Gasteiger partial charge on any atom is 0.306 e. The molecule has 4 unspecified atom stereocenters. The van der Waals surface area contributed by atoms with Crippen molar-refractivity contribution in [1.29, 1.82) is 0 Å². The molecule has 3 rings (SSSR count). The number of fused-ring (bicyclic) bond motifs is 1. The summed E-state index contributed by atoms with van der Waals surface area (Å²) >= 11 is 0. The molecule has 1 aliphatic carbocycles. The predicted molar refractivity (Wildman–Crippen MR) is 110 cm³/mol. The number of rotatable bonds is 5. The SMILES string of the molecule is CC(O)(/C=C/C1C(O)CC2OC(=O)CCC/C=C\C[C@@H]21)CCc1ccccc1. The Kier molecular flexibility index (Phi) is 7.08. The largest absolute Gasteiger partial charge is 0.462 e. The Morgan fingerprint density at radius 3 is 2.82 bits per heavy atom. The lowest BCUT2D eigenvalue weighted by atomic mass is 9.87. The van der Waals surface area contributed by atoms with E-state index in [1.807, 2.05) is 30.4 Å². The fourth-order valence-corrected chi connectivity index (χ4v) is 4.23. The summed E-state index contributed by atoms with van der Waals surface area (Å²) in [4.78, 5) is 12.0. The van der Waals surface area contributed by atoms with Gasteiger partial charge in [0.2, 0.25) is 0 Å². The third kappa shape index (κ3) is 5.79. The zero-order valence-corrected chi connectivity index (χ0v) is 16.7. The van der Waals surface area contributed by atoms with Crippen molar-refractivity contribution < 1.29 is 19.7 Å². The van der Waals surface area contributed by atoms with Crippen LogP contribution in [0.5, 0.6) is 0 Å². The van der Waals surface area contributed by atoms with Crippen molar-refractivity contribution in [3.63, 3.8) is 0 Å². The molecule has 1 aromatic carbocycles. The fraction of sp³-hybridized carbons (Fsp3) is 0.542. The van der Waals surface area contributed by atoms with Gasteiger partial charge in [-0.25, -0.2) is 0 Å². The van der Waals surface area contributed by atoms with Gasteiger partial charge in [-0.1, -0.05) is 54.6 Å². The van der Waals surface area contributed by atoms with Gasteiger partial charge in [-0.3, -0.25) is 4.79 Å². The molecule has 1 heterocycles. The third-order valence-electron chi connectivity index (χ3n) is 5.94. The summed E-state index contributed by atoms with van der Waals surface area (Å²) in [7, 11) is 0. The van der Waals surface area contributed by atoms with E-state index in [9.17, 15) is 15.0 Å². The van der Waals surface area contributed by atoms with Crippen molar-refractivity contribution in [3.8, 4) is 0 Å². The summed E-state index contributed by atoms with van der Waals surface area (Å²) in [6.45, 7) is 1.80. The normalized spacial score (nSPS) is 31.8. The summed E-state index contributed by atoms with van der Waals surface area (Å²) in [6, 6.07) is 10.1. The summed E-state index contributed by atoms with van der Waals surface area (Å²) in [5.41, 5.74) is 0.248. The van der Waals surface area contributed by atoms with Crippen molar-refractivity contribution in [2.75, 3.05) is 0 Å². The quantitative estimate of drug-likeness (QED) is 0.596. The molecule has 152 valence electrons. The van der Waals surface area contributed by atoms with Gasteiger partial charge in [0.15, 0.2) is 0 Å². The fourth-order valence-electron chi connectivity index (χ4n) is 4.23. The van der Waals surface area contributed by atoms with Gasteiger partial charge in [0.05, 0.1) is 11.7 Å². The van der Waals surface area contributed by atoms with Gasteiger partial charge in [0, 0.05) is 24.7 Å². The first-order valence-corrected chi connectivity index (χ1v) is 10.4. The van der Waals surface area contributed by atoms with Crippen LogP contribution in [0.25, 0.3) is 0 Å². The lowest BCUT2D eigenvalue weighted by Crippen LogP contribution is -2.26. The molecule has 0 radical (unpaired) electrons. The molecular weight excluding hydrogens is 352 g/mol. The van der Waals surface area contributed by atoms with Crippen LogP contribution >= 0.6 is 0 Å².